The van der Waals surface area contributed by atoms with E-state index in [4.69, 9.17) is 25.8 Å². The molecule has 0 amide bonds. The van der Waals surface area contributed by atoms with Crippen LogP contribution in [-0.2, 0) is 13.6 Å². The lowest BCUT2D eigenvalue weighted by Crippen LogP contribution is -2.63. The van der Waals surface area contributed by atoms with Crippen molar-refractivity contribution in [3.05, 3.63) is 12.2 Å². The van der Waals surface area contributed by atoms with Gasteiger partial charge in [0, 0.05) is 22.6 Å². The molecule has 0 bridgehead atoms. The highest BCUT2D eigenvalue weighted by Gasteiger charge is 2.61. The van der Waals surface area contributed by atoms with Crippen molar-refractivity contribution < 1.29 is 13.6 Å². The Morgan fingerprint density at radius 2 is 1.85 bits per heavy atom. The first kappa shape index (κ1) is 24.2. The maximum atomic E-state index is 6.90. The normalized spacial score (nSPS) is 23.7. The molecule has 0 unspecified atom stereocenters. The monoisotopic (exact) mass is 418 g/mol. The van der Waals surface area contributed by atoms with Crippen LogP contribution in [0.15, 0.2) is 12.2 Å². The Kier molecular flexibility index (Phi) is 8.87. The van der Waals surface area contributed by atoms with E-state index in [0.29, 0.717) is 4.38 Å². The molecule has 3 nitrogen and oxygen atoms in total. The Labute approximate surface area is 171 Å². The highest BCUT2D eigenvalue weighted by atomic mass is 32.2. The first-order chi connectivity index (χ1) is 11.9. The van der Waals surface area contributed by atoms with Gasteiger partial charge in [0.2, 0.25) is 4.38 Å². The summed E-state index contributed by atoms with van der Waals surface area (Å²) in [5.74, 6) is 0.231. The molecule has 3 atom stereocenters. The van der Waals surface area contributed by atoms with Crippen molar-refractivity contribution in [2.45, 2.75) is 90.5 Å². The second-order valence-electron chi connectivity index (χ2n) is 9.14. The number of thioether (sulfide) groups is 1. The zero-order valence-electron chi connectivity index (χ0n) is 18.0. The minimum atomic E-state index is -2.50. The topological polar surface area (TPSA) is 27.7 Å². The van der Waals surface area contributed by atoms with Crippen LogP contribution in [0.3, 0.4) is 0 Å². The van der Waals surface area contributed by atoms with E-state index in [1.54, 1.807) is 0 Å². The number of hydrogen-bond acceptors (Lipinski definition) is 5. The van der Waals surface area contributed by atoms with Gasteiger partial charge in [-0.3, -0.25) is 0 Å². The molecule has 26 heavy (non-hydrogen) atoms. The van der Waals surface area contributed by atoms with E-state index in [0.717, 1.165) is 19.4 Å². The Morgan fingerprint density at radius 1 is 1.27 bits per heavy atom. The van der Waals surface area contributed by atoms with E-state index in [9.17, 15) is 0 Å². The molecule has 6 heteroatoms. The predicted octanol–water partition coefficient (Wildman–Crippen LogP) is 6.47. The zero-order chi connectivity index (χ0) is 20.2. The van der Waals surface area contributed by atoms with E-state index < -0.39 is 8.56 Å². The third-order valence-corrected chi connectivity index (χ3v) is 11.2. The molecule has 0 N–H and O–H groups in total. The Hall–Kier alpha value is 0.117. The third kappa shape index (κ3) is 5.57. The quantitative estimate of drug-likeness (QED) is 0.290. The average Bonchev–Trinajstić information content (AvgIpc) is 2.55. The van der Waals surface area contributed by atoms with Crippen LogP contribution in [0.2, 0.25) is 10.1 Å². The van der Waals surface area contributed by atoms with Gasteiger partial charge < -0.3 is 13.6 Å². The van der Waals surface area contributed by atoms with E-state index in [1.807, 2.05) is 6.26 Å². The van der Waals surface area contributed by atoms with Crippen LogP contribution >= 0.6 is 24.0 Å². The maximum absolute atomic E-state index is 6.90. The van der Waals surface area contributed by atoms with Crippen molar-refractivity contribution in [3.8, 4) is 0 Å². The maximum Gasteiger partial charge on any atom is 0.349 e. The van der Waals surface area contributed by atoms with Crippen LogP contribution in [0.25, 0.3) is 0 Å². The second-order valence-corrected chi connectivity index (χ2v) is 15.3. The van der Waals surface area contributed by atoms with E-state index in [2.05, 4.69) is 67.5 Å². The lowest BCUT2D eigenvalue weighted by Gasteiger charge is -2.54. The molecule has 0 aromatic heterocycles. The van der Waals surface area contributed by atoms with Gasteiger partial charge in [0.1, 0.15) is 6.10 Å². The molecule has 1 rings (SSSR count). The van der Waals surface area contributed by atoms with Crippen molar-refractivity contribution in [1.82, 2.24) is 0 Å². The van der Waals surface area contributed by atoms with Crippen LogP contribution < -0.4 is 0 Å². The zero-order valence-corrected chi connectivity index (χ0v) is 20.7. The van der Waals surface area contributed by atoms with Crippen LogP contribution in [0.1, 0.15) is 68.2 Å². The fraction of sp³-hybridized carbons (Fsp3) is 0.850. The molecule has 1 aliphatic heterocycles. The molecule has 1 heterocycles. The fourth-order valence-electron chi connectivity index (χ4n) is 3.91. The molecule has 1 fully saturated rings. The minimum absolute atomic E-state index is 0.00419. The number of hydrogen-bond donors (Lipinski definition) is 0. The lowest BCUT2D eigenvalue weighted by atomic mass is 9.97. The molecule has 0 radical (unpaired) electrons. The van der Waals surface area contributed by atoms with Gasteiger partial charge in [0.15, 0.2) is 0 Å². The van der Waals surface area contributed by atoms with Crippen molar-refractivity contribution in [1.29, 1.82) is 0 Å². The summed E-state index contributed by atoms with van der Waals surface area (Å²) in [5, 5.41) is -0.0615. The molecule has 0 aromatic carbocycles. The highest BCUT2D eigenvalue weighted by Crippen LogP contribution is 2.54. The number of thiocarbonyl (C=S) groups is 1. The molecule has 152 valence electrons. The van der Waals surface area contributed by atoms with Gasteiger partial charge in [0.25, 0.3) is 0 Å². The van der Waals surface area contributed by atoms with Gasteiger partial charge in [-0.05, 0) is 31.3 Å². The first-order valence-electron chi connectivity index (χ1n) is 9.62. The van der Waals surface area contributed by atoms with Gasteiger partial charge in [-0.1, -0.05) is 79.3 Å². The number of rotatable bonds is 5. The molecule has 1 saturated heterocycles. The van der Waals surface area contributed by atoms with Crippen LogP contribution in [0, 0.1) is 5.92 Å². The average molecular weight is 419 g/mol. The van der Waals surface area contributed by atoms with Crippen molar-refractivity contribution in [2.75, 3.05) is 12.9 Å². The van der Waals surface area contributed by atoms with Gasteiger partial charge in [-0.15, -0.1) is 0 Å². The SMILES string of the molecule is CC/C=C/[C@@H](C)[C@H](OC(=S)SC)[C@H]1CCO[Si](C(C)(C)C)(C(C)(C)C)O1. The van der Waals surface area contributed by atoms with Crippen LogP contribution in [0.5, 0.6) is 0 Å². The lowest BCUT2D eigenvalue weighted by molar-refractivity contribution is -0.0497. The van der Waals surface area contributed by atoms with Crippen LogP contribution in [0.4, 0.5) is 0 Å². The predicted molar refractivity (Wildman–Crippen MR) is 120 cm³/mol. The first-order valence-corrected chi connectivity index (χ1v) is 13.1. The van der Waals surface area contributed by atoms with Crippen molar-refractivity contribution >= 4 is 36.9 Å². The molecule has 0 spiro atoms. The van der Waals surface area contributed by atoms with Gasteiger partial charge >= 0.3 is 8.56 Å². The Bertz CT molecular complexity index is 480. The van der Waals surface area contributed by atoms with E-state index >= 15 is 0 Å². The van der Waals surface area contributed by atoms with Gasteiger partial charge in [-0.25, -0.2) is 0 Å². The second kappa shape index (κ2) is 9.55. The molecule has 0 aromatic rings. The largest absolute Gasteiger partial charge is 0.472 e. The van der Waals surface area contributed by atoms with Gasteiger partial charge in [0.05, 0.1) is 6.10 Å². The summed E-state index contributed by atoms with van der Waals surface area (Å²) in [6.07, 6.45) is 8.15. The fourth-order valence-corrected chi connectivity index (χ4v) is 9.20. The van der Waals surface area contributed by atoms with E-state index in [-0.39, 0.29) is 28.2 Å². The molecule has 0 aliphatic carbocycles. The van der Waals surface area contributed by atoms with Crippen molar-refractivity contribution in [3.63, 3.8) is 0 Å². The highest BCUT2D eigenvalue weighted by molar-refractivity contribution is 8.22. The Morgan fingerprint density at radius 3 is 2.31 bits per heavy atom. The Balaban J connectivity index is 3.21. The van der Waals surface area contributed by atoms with E-state index in [1.165, 1.54) is 11.8 Å². The standard InChI is InChI=1S/C20H38O3S2Si/c1-10-11-12-15(2)17(22-18(24)25-9)16-13-14-21-26(23-16,19(3,4)5)20(6,7)8/h11-12,15-17H,10,13-14H2,1-9H3/b12-11+/t15-,16-,17+/m1/s1. The summed E-state index contributed by atoms with van der Waals surface area (Å²) >= 11 is 6.86. The number of allylic oxidation sites excluding steroid dienone is 1. The van der Waals surface area contributed by atoms with Crippen LogP contribution in [-0.4, -0.2) is 38.0 Å². The summed E-state index contributed by atoms with van der Waals surface area (Å²) in [4.78, 5) is 0. The molecule has 0 saturated carbocycles. The van der Waals surface area contributed by atoms with Gasteiger partial charge in [-0.2, -0.15) is 0 Å². The summed E-state index contributed by atoms with van der Waals surface area (Å²) < 4.78 is 20.2. The summed E-state index contributed by atoms with van der Waals surface area (Å²) in [7, 11) is -2.50. The summed E-state index contributed by atoms with van der Waals surface area (Å²) in [6, 6.07) is 0. The molecular formula is C20H38O3S2Si. The summed E-state index contributed by atoms with van der Waals surface area (Å²) in [6.45, 7) is 18.5. The minimum Gasteiger partial charge on any atom is -0.472 e. The molecule has 1 aliphatic rings. The summed E-state index contributed by atoms with van der Waals surface area (Å²) in [5.41, 5.74) is 0. The number of ether oxygens (including phenoxy) is 1. The van der Waals surface area contributed by atoms with Crippen molar-refractivity contribution in [2.24, 2.45) is 5.92 Å². The molecular weight excluding hydrogens is 380 g/mol. The third-order valence-electron chi connectivity index (χ3n) is 4.96. The smallest absolute Gasteiger partial charge is 0.349 e.